The number of aromatic hydroxyl groups is 1. The van der Waals surface area contributed by atoms with Crippen LogP contribution < -0.4 is 9.47 Å². The van der Waals surface area contributed by atoms with E-state index in [1.54, 1.807) is 13.2 Å². The van der Waals surface area contributed by atoms with E-state index in [4.69, 9.17) is 9.47 Å². The molecule has 2 aliphatic heterocycles. The Morgan fingerprint density at radius 3 is 2.37 bits per heavy atom. The van der Waals surface area contributed by atoms with Gasteiger partial charge in [-0.2, -0.15) is 0 Å². The smallest absolute Gasteiger partial charge is 0.222 e. The van der Waals surface area contributed by atoms with Gasteiger partial charge in [0.25, 0.3) is 0 Å². The van der Waals surface area contributed by atoms with E-state index in [0.717, 1.165) is 68.2 Å². The van der Waals surface area contributed by atoms with Crippen molar-refractivity contribution in [1.29, 1.82) is 0 Å². The average Bonchev–Trinajstić information content (AvgIpc) is 3.94. The molecule has 1 saturated heterocycles. The number of carbonyl (C=O) groups is 1. The number of benzene rings is 3. The normalized spacial score (nSPS) is 28.0. The fourth-order valence-electron chi connectivity index (χ4n) is 11.7. The van der Waals surface area contributed by atoms with Crippen molar-refractivity contribution in [2.24, 2.45) is 17.8 Å². The van der Waals surface area contributed by atoms with Gasteiger partial charge in [0, 0.05) is 54.1 Å². The summed E-state index contributed by atoms with van der Waals surface area (Å²) >= 11 is 0. The van der Waals surface area contributed by atoms with Gasteiger partial charge in [0.1, 0.15) is 11.9 Å². The average molecular weight is 703 g/mol. The Morgan fingerprint density at radius 2 is 1.67 bits per heavy atom. The summed E-state index contributed by atoms with van der Waals surface area (Å²) in [5.74, 6) is 4.23. The second-order valence-corrected chi connectivity index (χ2v) is 17.2. The van der Waals surface area contributed by atoms with Gasteiger partial charge >= 0.3 is 0 Å². The van der Waals surface area contributed by atoms with Gasteiger partial charge in [-0.1, -0.05) is 106 Å². The zero-order chi connectivity index (χ0) is 35.2. The Bertz CT molecular complexity index is 1680. The summed E-state index contributed by atoms with van der Waals surface area (Å²) in [7, 11) is 1.69. The number of nitrogens with zero attached hydrogens (tertiary/aromatic N) is 2. The fraction of sp³-hybridized carbons (Fsp3) is 0.587. The van der Waals surface area contributed by atoms with Crippen LogP contribution in [0.4, 0.5) is 0 Å². The maximum Gasteiger partial charge on any atom is 0.222 e. The number of phenols is 1. The number of likely N-dealkylation sites (tertiary alicyclic amines) is 1. The highest BCUT2D eigenvalue weighted by atomic mass is 16.5. The van der Waals surface area contributed by atoms with Gasteiger partial charge in [-0.25, -0.2) is 0 Å². The maximum absolute atomic E-state index is 14.9. The molecule has 0 radical (unpaired) electrons. The van der Waals surface area contributed by atoms with Crippen LogP contribution in [-0.2, 0) is 16.6 Å². The van der Waals surface area contributed by atoms with E-state index in [1.807, 2.05) is 0 Å². The number of unbranched alkanes of at least 4 members (excludes halogenated alkanes) is 1. The van der Waals surface area contributed by atoms with Gasteiger partial charge in [-0.05, 0) is 80.4 Å². The van der Waals surface area contributed by atoms with Crippen molar-refractivity contribution in [3.8, 4) is 17.2 Å². The van der Waals surface area contributed by atoms with E-state index in [1.165, 1.54) is 74.6 Å². The number of hydrogen-bond donors (Lipinski definition) is 1. The number of methoxy groups -OCH3 is 1. The van der Waals surface area contributed by atoms with E-state index >= 15 is 0 Å². The molecule has 6 nitrogen and oxygen atoms in total. The number of phenolic OH excluding ortho intramolecular Hbond substituents is 1. The number of rotatable bonds is 13. The number of amides is 1. The van der Waals surface area contributed by atoms with Crippen molar-refractivity contribution >= 4 is 5.91 Å². The number of piperidine rings is 1. The molecule has 6 aliphatic rings. The Kier molecular flexibility index (Phi) is 9.48. The molecule has 3 aromatic carbocycles. The van der Waals surface area contributed by atoms with Gasteiger partial charge < -0.3 is 19.5 Å². The molecule has 1 amide bonds. The van der Waals surface area contributed by atoms with Gasteiger partial charge in [0.15, 0.2) is 11.5 Å². The Hall–Kier alpha value is -3.51. The third-order valence-corrected chi connectivity index (χ3v) is 14.4. The van der Waals surface area contributed by atoms with Crippen molar-refractivity contribution in [3.05, 3.63) is 89.0 Å². The van der Waals surface area contributed by atoms with Crippen molar-refractivity contribution in [1.82, 2.24) is 9.80 Å². The lowest BCUT2D eigenvalue weighted by Gasteiger charge is -2.60. The highest BCUT2D eigenvalue weighted by Crippen LogP contribution is 2.66. The zero-order valence-electron chi connectivity index (χ0n) is 31.2. The number of hydrogen-bond acceptors (Lipinski definition) is 5. The molecule has 9 rings (SSSR count). The van der Waals surface area contributed by atoms with E-state index in [2.05, 4.69) is 70.5 Å². The lowest BCUT2D eigenvalue weighted by atomic mass is 9.50. The largest absolute Gasteiger partial charge is 0.508 e. The van der Waals surface area contributed by atoms with Gasteiger partial charge in [0.05, 0.1) is 13.2 Å². The number of ether oxygens (including phenoxy) is 2. The molecule has 1 N–H and O–H groups in total. The van der Waals surface area contributed by atoms with Crippen molar-refractivity contribution in [3.63, 3.8) is 0 Å². The van der Waals surface area contributed by atoms with Crippen LogP contribution in [0, 0.1) is 17.8 Å². The van der Waals surface area contributed by atoms with Crippen LogP contribution in [0.1, 0.15) is 118 Å². The molecule has 3 saturated carbocycles. The van der Waals surface area contributed by atoms with E-state index in [-0.39, 0.29) is 29.4 Å². The molecule has 5 atom stereocenters. The molecule has 2 heterocycles. The van der Waals surface area contributed by atoms with Crippen LogP contribution in [0.2, 0.25) is 0 Å². The van der Waals surface area contributed by atoms with Crippen molar-refractivity contribution in [2.45, 2.75) is 126 Å². The van der Waals surface area contributed by atoms with E-state index < -0.39 is 0 Å². The lowest BCUT2D eigenvalue weighted by Crippen LogP contribution is -2.69. The molecule has 276 valence electrons. The van der Waals surface area contributed by atoms with E-state index in [9.17, 15) is 9.90 Å². The quantitative estimate of drug-likeness (QED) is 0.180. The fourth-order valence-corrected chi connectivity index (χ4v) is 11.7. The van der Waals surface area contributed by atoms with Crippen LogP contribution in [0.3, 0.4) is 0 Å². The predicted molar refractivity (Wildman–Crippen MR) is 205 cm³/mol. The highest BCUT2D eigenvalue weighted by Gasteiger charge is 2.67. The topological polar surface area (TPSA) is 62.2 Å². The molecular formula is C46H58N2O4. The third-order valence-electron chi connectivity index (χ3n) is 14.4. The minimum Gasteiger partial charge on any atom is -0.508 e. The molecular weight excluding hydrogens is 645 g/mol. The Balaban J connectivity index is 1.08. The summed E-state index contributed by atoms with van der Waals surface area (Å²) in [4.78, 5) is 20.0. The van der Waals surface area contributed by atoms with Crippen LogP contribution >= 0.6 is 0 Å². The Morgan fingerprint density at radius 1 is 0.942 bits per heavy atom. The summed E-state index contributed by atoms with van der Waals surface area (Å²) in [6.07, 6.45) is 17.2. The predicted octanol–water partition coefficient (Wildman–Crippen LogP) is 9.02. The molecule has 1 spiro atoms. The first-order chi connectivity index (χ1) is 25.5. The van der Waals surface area contributed by atoms with Gasteiger partial charge in [-0.3, -0.25) is 9.69 Å². The molecule has 0 aromatic heterocycles. The molecule has 4 fully saturated rings. The standard InChI is InChI=1S/C46H58N2O4/c1-51-41-28-40(49)35-27-39-37-23-24-38(45-46(37,43(35)44(41)52-45)25-26-47(39)29-32-21-22-32)48(42(50)20-12-11-15-31-13-5-2-6-14-31)30-36(33-16-7-3-8-17-33)34-18-9-4-10-19-34/h3-4,7-10,16-19,28,31-32,36-39,45,49H,2,5-6,11-15,20-27,29-30H2,1H3/t37-,38+,39+,45-,46-/m0/s1. The SMILES string of the molecule is COc1cc(O)c2c3c1O[C@H]1[C@H](N(CC(c4ccccc4)c4ccccc4)C(=O)CCCCC4CCCCC4)CC[C@H]4[C@@H](C2)N(CC2CC2)CC[C@@]341. The first-order valence-electron chi connectivity index (χ1n) is 20.8. The van der Waals surface area contributed by atoms with Gasteiger partial charge in [0.2, 0.25) is 5.91 Å². The molecule has 3 aromatic rings. The summed E-state index contributed by atoms with van der Waals surface area (Å²) in [6.45, 7) is 2.85. The summed E-state index contributed by atoms with van der Waals surface area (Å²) in [6, 6.07) is 23.7. The van der Waals surface area contributed by atoms with Gasteiger partial charge in [-0.15, -0.1) is 0 Å². The van der Waals surface area contributed by atoms with Crippen molar-refractivity contribution < 1.29 is 19.4 Å². The molecule has 52 heavy (non-hydrogen) atoms. The molecule has 4 aliphatic carbocycles. The zero-order valence-corrected chi connectivity index (χ0v) is 31.2. The minimum atomic E-state index is -0.239. The van der Waals surface area contributed by atoms with E-state index in [0.29, 0.717) is 36.4 Å². The number of carbonyl (C=O) groups excluding carboxylic acids is 1. The van der Waals surface area contributed by atoms with Crippen LogP contribution in [0.15, 0.2) is 66.7 Å². The minimum absolute atomic E-state index is 0.0567. The summed E-state index contributed by atoms with van der Waals surface area (Å²) in [5, 5.41) is 11.6. The second-order valence-electron chi connectivity index (χ2n) is 17.2. The first-order valence-corrected chi connectivity index (χ1v) is 20.8. The lowest BCUT2D eigenvalue weighted by molar-refractivity contribution is -0.143. The Labute approximate surface area is 310 Å². The highest BCUT2D eigenvalue weighted by molar-refractivity contribution is 5.77. The molecule has 2 bridgehead atoms. The second kappa shape index (κ2) is 14.4. The third kappa shape index (κ3) is 6.11. The summed E-state index contributed by atoms with van der Waals surface area (Å²) in [5.41, 5.74) is 4.51. The van der Waals surface area contributed by atoms with Crippen LogP contribution in [0.5, 0.6) is 17.2 Å². The molecule has 6 heteroatoms. The monoisotopic (exact) mass is 702 g/mol. The summed E-state index contributed by atoms with van der Waals surface area (Å²) < 4.78 is 13.2. The molecule has 0 unspecified atom stereocenters. The first kappa shape index (κ1) is 34.3. The van der Waals surface area contributed by atoms with Crippen LogP contribution in [0.25, 0.3) is 0 Å². The van der Waals surface area contributed by atoms with Crippen molar-refractivity contribution in [2.75, 3.05) is 26.7 Å². The van der Waals surface area contributed by atoms with Crippen LogP contribution in [-0.4, -0.2) is 65.7 Å². The maximum atomic E-state index is 14.9.